The van der Waals surface area contributed by atoms with Gasteiger partial charge in [-0.05, 0) is 42.8 Å². The first-order valence-corrected chi connectivity index (χ1v) is 10.3. The van der Waals surface area contributed by atoms with Crippen LogP contribution in [0.15, 0.2) is 40.3 Å². The monoisotopic (exact) mass is 410 g/mol. The van der Waals surface area contributed by atoms with Crippen molar-refractivity contribution in [3.8, 4) is 0 Å². The van der Waals surface area contributed by atoms with E-state index in [0.29, 0.717) is 23.4 Å². The summed E-state index contributed by atoms with van der Waals surface area (Å²) in [6, 6.07) is 8.18. The lowest BCUT2D eigenvalue weighted by Crippen LogP contribution is -2.36. The Morgan fingerprint density at radius 2 is 1.79 bits per heavy atom. The number of morpholine rings is 1. The quantitative estimate of drug-likeness (QED) is 0.660. The summed E-state index contributed by atoms with van der Waals surface area (Å²) in [5.41, 5.74) is 3.92. The third-order valence-electron chi connectivity index (χ3n) is 5.89. The van der Waals surface area contributed by atoms with Gasteiger partial charge in [-0.1, -0.05) is 12.1 Å². The van der Waals surface area contributed by atoms with Gasteiger partial charge in [0.15, 0.2) is 10.6 Å². The smallest absolute Gasteiger partial charge is 0.257 e. The van der Waals surface area contributed by atoms with Gasteiger partial charge < -0.3 is 19.9 Å². The van der Waals surface area contributed by atoms with Gasteiger partial charge in [0.05, 0.1) is 18.8 Å². The van der Waals surface area contributed by atoms with E-state index in [1.54, 1.807) is 0 Å². The highest BCUT2D eigenvalue weighted by atomic mass is 32.1. The van der Waals surface area contributed by atoms with Crippen molar-refractivity contribution in [1.82, 2.24) is 9.97 Å². The van der Waals surface area contributed by atoms with Crippen molar-refractivity contribution in [3.63, 3.8) is 0 Å². The zero-order valence-corrected chi connectivity index (χ0v) is 16.7. The molecule has 7 nitrogen and oxygen atoms in total. The van der Waals surface area contributed by atoms with Gasteiger partial charge in [-0.15, -0.1) is 0 Å². The van der Waals surface area contributed by atoms with Crippen LogP contribution in [0.2, 0.25) is 0 Å². The maximum atomic E-state index is 12.9. The van der Waals surface area contributed by atoms with Crippen molar-refractivity contribution in [2.75, 3.05) is 36.5 Å². The number of aromatic amines is 2. The Morgan fingerprint density at radius 1 is 1.03 bits per heavy atom. The van der Waals surface area contributed by atoms with Crippen LogP contribution < -0.4 is 15.8 Å². The molecule has 1 aromatic heterocycles. The molecule has 2 aliphatic heterocycles. The van der Waals surface area contributed by atoms with Crippen LogP contribution in [0.3, 0.4) is 0 Å². The lowest BCUT2D eigenvalue weighted by atomic mass is 9.76. The second kappa shape index (κ2) is 7.27. The normalized spacial score (nSPS) is 21.4. The number of allylic oxidation sites excluding steroid dienone is 2. The number of carbonyl (C=O) groups excluding carboxylic acids is 1. The van der Waals surface area contributed by atoms with Crippen LogP contribution in [0.5, 0.6) is 0 Å². The highest BCUT2D eigenvalue weighted by molar-refractivity contribution is 7.71. The fourth-order valence-electron chi connectivity index (χ4n) is 4.53. The Morgan fingerprint density at radius 3 is 2.55 bits per heavy atom. The molecule has 1 saturated heterocycles. The summed E-state index contributed by atoms with van der Waals surface area (Å²) in [4.78, 5) is 33.7. The molecule has 5 rings (SSSR count). The summed E-state index contributed by atoms with van der Waals surface area (Å²) in [5, 5.41) is 3.27. The van der Waals surface area contributed by atoms with Gasteiger partial charge in [0.25, 0.3) is 5.56 Å². The molecule has 2 aromatic rings. The molecule has 3 N–H and O–H groups in total. The minimum atomic E-state index is -0.400. The maximum Gasteiger partial charge on any atom is 0.257 e. The lowest BCUT2D eigenvalue weighted by Gasteiger charge is -2.33. The van der Waals surface area contributed by atoms with E-state index in [9.17, 15) is 9.59 Å². The van der Waals surface area contributed by atoms with Gasteiger partial charge in [-0.3, -0.25) is 14.6 Å². The fourth-order valence-corrected chi connectivity index (χ4v) is 4.72. The zero-order chi connectivity index (χ0) is 20.0. The summed E-state index contributed by atoms with van der Waals surface area (Å²) in [5.74, 6) is 0.298. The van der Waals surface area contributed by atoms with E-state index in [1.807, 2.05) is 12.1 Å². The number of benzene rings is 1. The molecular weight excluding hydrogens is 388 g/mol. The number of ketones is 1. The number of hydrogen-bond donors (Lipinski definition) is 3. The van der Waals surface area contributed by atoms with Crippen molar-refractivity contribution in [2.24, 2.45) is 0 Å². The van der Waals surface area contributed by atoms with Crippen LogP contribution in [0, 0.1) is 4.77 Å². The zero-order valence-electron chi connectivity index (χ0n) is 15.9. The number of ether oxygens (including phenoxy) is 1. The Hall–Kier alpha value is -2.71. The molecule has 29 heavy (non-hydrogen) atoms. The van der Waals surface area contributed by atoms with E-state index < -0.39 is 5.92 Å². The molecular formula is C21H22N4O3S. The van der Waals surface area contributed by atoms with Crippen LogP contribution >= 0.6 is 12.2 Å². The SMILES string of the molecule is O=C1CCCC2=C1[C@@H](c1ccc(N3CCOCC3)cc1)c1c([nH]c(=S)[nH]c1=O)N2. The van der Waals surface area contributed by atoms with Crippen LogP contribution in [0.1, 0.15) is 36.3 Å². The van der Waals surface area contributed by atoms with Gasteiger partial charge >= 0.3 is 0 Å². The molecule has 8 heteroatoms. The van der Waals surface area contributed by atoms with Crippen LogP contribution in [-0.2, 0) is 9.53 Å². The number of carbonyl (C=O) groups is 1. The number of H-pyrrole nitrogens is 2. The first-order chi connectivity index (χ1) is 14.1. The molecule has 0 radical (unpaired) electrons. The highest BCUT2D eigenvalue weighted by Gasteiger charge is 2.37. The molecule has 0 saturated carbocycles. The Balaban J connectivity index is 1.62. The molecule has 3 heterocycles. The predicted octanol–water partition coefficient (Wildman–Crippen LogP) is 2.83. The van der Waals surface area contributed by atoms with E-state index in [0.717, 1.165) is 56.1 Å². The number of Topliss-reactive ketones (excluding diaryl/α,β-unsaturated/α-hetero) is 1. The van der Waals surface area contributed by atoms with Crippen molar-refractivity contribution >= 4 is 29.5 Å². The number of nitrogens with one attached hydrogen (secondary N) is 3. The predicted molar refractivity (Wildman–Crippen MR) is 113 cm³/mol. The molecule has 0 bridgehead atoms. The summed E-state index contributed by atoms with van der Waals surface area (Å²) in [7, 11) is 0. The van der Waals surface area contributed by atoms with E-state index in [2.05, 4.69) is 32.3 Å². The average Bonchev–Trinajstić information content (AvgIpc) is 2.73. The summed E-state index contributed by atoms with van der Waals surface area (Å²) in [6.45, 7) is 3.17. The molecule has 0 amide bonds. The number of anilines is 2. The molecule has 1 fully saturated rings. The largest absolute Gasteiger partial charge is 0.378 e. The van der Waals surface area contributed by atoms with Gasteiger partial charge in [-0.25, -0.2) is 0 Å². The molecule has 0 spiro atoms. The number of fused-ring (bicyclic) bond motifs is 1. The molecule has 1 atom stereocenters. The van der Waals surface area contributed by atoms with Gasteiger partial charge in [-0.2, -0.15) is 0 Å². The Kier molecular flexibility index (Phi) is 4.60. The van der Waals surface area contributed by atoms with Crippen LogP contribution in [0.25, 0.3) is 0 Å². The van der Waals surface area contributed by atoms with Gasteiger partial charge in [0, 0.05) is 42.4 Å². The summed E-state index contributed by atoms with van der Waals surface area (Å²) in [6.07, 6.45) is 2.11. The summed E-state index contributed by atoms with van der Waals surface area (Å²) >= 11 is 5.15. The van der Waals surface area contributed by atoms with Crippen LogP contribution in [0.4, 0.5) is 11.5 Å². The molecule has 150 valence electrons. The first kappa shape index (κ1) is 18.3. The van der Waals surface area contributed by atoms with E-state index in [4.69, 9.17) is 17.0 Å². The van der Waals surface area contributed by atoms with Gasteiger partial charge in [0.1, 0.15) is 5.82 Å². The maximum absolute atomic E-state index is 12.9. The van der Waals surface area contributed by atoms with Crippen molar-refractivity contribution in [3.05, 3.63) is 61.8 Å². The second-order valence-corrected chi connectivity index (χ2v) is 8.02. The van der Waals surface area contributed by atoms with E-state index in [1.165, 1.54) is 0 Å². The number of hydrogen-bond acceptors (Lipinski definition) is 6. The lowest BCUT2D eigenvalue weighted by molar-refractivity contribution is -0.116. The molecule has 1 aliphatic carbocycles. The molecule has 0 unspecified atom stereocenters. The van der Waals surface area contributed by atoms with Crippen LogP contribution in [-0.4, -0.2) is 42.1 Å². The second-order valence-electron chi connectivity index (χ2n) is 7.61. The Labute approximate surface area is 172 Å². The topological polar surface area (TPSA) is 90.2 Å². The first-order valence-electron chi connectivity index (χ1n) is 9.94. The molecule has 1 aromatic carbocycles. The number of aromatic nitrogens is 2. The Bertz CT molecular complexity index is 1110. The highest BCUT2D eigenvalue weighted by Crippen LogP contribution is 2.43. The van der Waals surface area contributed by atoms with Crippen molar-refractivity contribution < 1.29 is 9.53 Å². The number of nitrogens with zero attached hydrogens (tertiary/aromatic N) is 1. The number of rotatable bonds is 2. The fraction of sp³-hybridized carbons (Fsp3) is 0.381. The van der Waals surface area contributed by atoms with E-state index >= 15 is 0 Å². The minimum Gasteiger partial charge on any atom is -0.378 e. The average molecular weight is 410 g/mol. The van der Waals surface area contributed by atoms with Crippen molar-refractivity contribution in [2.45, 2.75) is 25.2 Å². The molecule has 3 aliphatic rings. The van der Waals surface area contributed by atoms with Crippen molar-refractivity contribution in [1.29, 1.82) is 0 Å². The van der Waals surface area contributed by atoms with Gasteiger partial charge in [0.2, 0.25) is 0 Å². The third kappa shape index (κ3) is 3.22. The standard InChI is InChI=1S/C21H22N4O3S/c26-15-3-1-2-14-17(15)16(18-19(22-14)23-21(29)24-20(18)27)12-4-6-13(7-5-12)25-8-10-28-11-9-25/h4-7,16H,1-3,8-11H2,(H3,22,23,24,27,29)/t16-/m1/s1. The third-order valence-corrected chi connectivity index (χ3v) is 6.10. The minimum absolute atomic E-state index is 0.105. The van der Waals surface area contributed by atoms with E-state index in [-0.39, 0.29) is 16.1 Å². The summed E-state index contributed by atoms with van der Waals surface area (Å²) < 4.78 is 5.70.